The Bertz CT molecular complexity index is 532. The molecule has 2 aromatic rings. The van der Waals surface area contributed by atoms with Crippen molar-refractivity contribution in [1.29, 1.82) is 0 Å². The van der Waals surface area contributed by atoms with Crippen LogP contribution >= 0.6 is 11.6 Å². The number of nitrogens with zero attached hydrogens (tertiary/aromatic N) is 3. The first-order valence-corrected chi connectivity index (χ1v) is 6.34. The molecule has 2 aromatic heterocycles. The monoisotopic (exact) mass is 265 g/mol. The van der Waals surface area contributed by atoms with Crippen LogP contribution in [0, 0.1) is 6.92 Å². The molecule has 2 rings (SSSR count). The van der Waals surface area contributed by atoms with E-state index in [-0.39, 0.29) is 6.61 Å². The van der Waals surface area contributed by atoms with Gasteiger partial charge in [0.2, 0.25) is 0 Å². The van der Waals surface area contributed by atoms with E-state index in [0.29, 0.717) is 10.8 Å². The summed E-state index contributed by atoms with van der Waals surface area (Å²) in [4.78, 5) is 4.53. The summed E-state index contributed by atoms with van der Waals surface area (Å²) in [6, 6.07) is 3.74. The molecule has 2 heterocycles. The van der Waals surface area contributed by atoms with Crippen molar-refractivity contribution >= 4 is 11.6 Å². The van der Waals surface area contributed by atoms with E-state index < -0.39 is 0 Å². The molecule has 5 heteroatoms. The predicted octanol–water partition coefficient (Wildman–Crippen LogP) is 2.67. The zero-order valence-corrected chi connectivity index (χ0v) is 11.3. The molecule has 96 valence electrons. The predicted molar refractivity (Wildman–Crippen MR) is 71.0 cm³/mol. The zero-order chi connectivity index (χ0) is 13.1. The van der Waals surface area contributed by atoms with E-state index in [9.17, 15) is 5.11 Å². The lowest BCUT2D eigenvalue weighted by Crippen LogP contribution is -2.03. The Morgan fingerprint density at radius 1 is 1.39 bits per heavy atom. The molecule has 4 nitrogen and oxygen atoms in total. The van der Waals surface area contributed by atoms with Gasteiger partial charge in [-0.1, -0.05) is 24.9 Å². The Balaban J connectivity index is 2.45. The van der Waals surface area contributed by atoms with Crippen LogP contribution in [-0.2, 0) is 13.0 Å². The number of aromatic nitrogens is 3. The van der Waals surface area contributed by atoms with Gasteiger partial charge in [-0.25, -0.2) is 9.67 Å². The molecular weight excluding hydrogens is 250 g/mol. The van der Waals surface area contributed by atoms with Crippen LogP contribution in [0.5, 0.6) is 0 Å². The van der Waals surface area contributed by atoms with Gasteiger partial charge in [0.05, 0.1) is 23.5 Å². The van der Waals surface area contributed by atoms with Crippen LogP contribution in [0.15, 0.2) is 18.3 Å². The lowest BCUT2D eigenvalue weighted by Gasteiger charge is -2.07. The van der Waals surface area contributed by atoms with Crippen LogP contribution in [0.4, 0.5) is 0 Å². The molecule has 0 fully saturated rings. The normalized spacial score (nSPS) is 10.9. The molecule has 0 bridgehead atoms. The van der Waals surface area contributed by atoms with Crippen molar-refractivity contribution in [2.45, 2.75) is 33.3 Å². The first kappa shape index (κ1) is 13.1. The van der Waals surface area contributed by atoms with E-state index >= 15 is 0 Å². The van der Waals surface area contributed by atoms with Gasteiger partial charge in [-0.3, -0.25) is 0 Å². The highest BCUT2D eigenvalue weighted by atomic mass is 35.5. The average molecular weight is 266 g/mol. The molecule has 0 aliphatic heterocycles. The first-order chi connectivity index (χ1) is 8.63. The van der Waals surface area contributed by atoms with E-state index in [1.807, 2.05) is 19.1 Å². The molecule has 0 atom stereocenters. The fourth-order valence-electron chi connectivity index (χ4n) is 1.78. The third-order valence-corrected chi connectivity index (χ3v) is 3.06. The fraction of sp³-hybridized carbons (Fsp3) is 0.385. The van der Waals surface area contributed by atoms with E-state index in [4.69, 9.17) is 11.6 Å². The number of hydrogen-bond acceptors (Lipinski definition) is 3. The van der Waals surface area contributed by atoms with E-state index in [2.05, 4.69) is 17.0 Å². The van der Waals surface area contributed by atoms with Gasteiger partial charge < -0.3 is 5.11 Å². The van der Waals surface area contributed by atoms with Crippen LogP contribution in [0.2, 0.25) is 5.02 Å². The van der Waals surface area contributed by atoms with Crippen molar-refractivity contribution in [3.05, 3.63) is 40.3 Å². The molecule has 0 aromatic carbocycles. The SMILES string of the molecule is CCCc1cc(CO)cc(-n2cc(Cl)c(C)n2)n1. The number of hydrogen-bond donors (Lipinski definition) is 1. The molecule has 0 aliphatic rings. The number of pyridine rings is 1. The number of aliphatic hydroxyl groups excluding tert-OH is 1. The maximum atomic E-state index is 9.28. The standard InChI is InChI=1S/C13H16ClN3O/c1-3-4-11-5-10(8-18)6-13(15-11)17-7-12(14)9(2)16-17/h5-7,18H,3-4,8H2,1-2H3. The van der Waals surface area contributed by atoms with Crippen LogP contribution in [0.3, 0.4) is 0 Å². The first-order valence-electron chi connectivity index (χ1n) is 5.97. The zero-order valence-electron chi connectivity index (χ0n) is 10.5. The fourth-order valence-corrected chi connectivity index (χ4v) is 1.91. The molecule has 0 spiro atoms. The van der Waals surface area contributed by atoms with Gasteiger partial charge in [0.15, 0.2) is 5.82 Å². The van der Waals surface area contributed by atoms with E-state index in [1.54, 1.807) is 10.9 Å². The second-order valence-corrected chi connectivity index (χ2v) is 4.65. The summed E-state index contributed by atoms with van der Waals surface area (Å²) < 4.78 is 1.65. The van der Waals surface area contributed by atoms with Crippen molar-refractivity contribution < 1.29 is 5.11 Å². The maximum Gasteiger partial charge on any atom is 0.153 e. The molecule has 0 saturated heterocycles. The molecule has 0 aliphatic carbocycles. The average Bonchev–Trinajstić information content (AvgIpc) is 2.70. The highest BCUT2D eigenvalue weighted by molar-refractivity contribution is 6.31. The highest BCUT2D eigenvalue weighted by Gasteiger charge is 2.08. The summed E-state index contributed by atoms with van der Waals surface area (Å²) >= 11 is 5.99. The Morgan fingerprint density at radius 2 is 2.17 bits per heavy atom. The van der Waals surface area contributed by atoms with E-state index in [0.717, 1.165) is 29.8 Å². The Kier molecular flexibility index (Phi) is 3.99. The summed E-state index contributed by atoms with van der Waals surface area (Å²) in [7, 11) is 0. The van der Waals surface area contributed by atoms with Gasteiger partial charge in [0.1, 0.15) is 0 Å². The van der Waals surface area contributed by atoms with Gasteiger partial charge in [0.25, 0.3) is 0 Å². The maximum absolute atomic E-state index is 9.28. The van der Waals surface area contributed by atoms with Crippen molar-refractivity contribution in [2.75, 3.05) is 0 Å². The lowest BCUT2D eigenvalue weighted by atomic mass is 10.1. The van der Waals surface area contributed by atoms with Crippen molar-refractivity contribution in [3.63, 3.8) is 0 Å². The van der Waals surface area contributed by atoms with Gasteiger partial charge >= 0.3 is 0 Å². The third-order valence-electron chi connectivity index (χ3n) is 2.69. The molecule has 18 heavy (non-hydrogen) atoms. The second kappa shape index (κ2) is 5.50. The van der Waals surface area contributed by atoms with Crippen LogP contribution in [-0.4, -0.2) is 19.9 Å². The van der Waals surface area contributed by atoms with Crippen molar-refractivity contribution in [2.24, 2.45) is 0 Å². The smallest absolute Gasteiger partial charge is 0.153 e. The summed E-state index contributed by atoms with van der Waals surface area (Å²) in [6.45, 7) is 3.95. The largest absolute Gasteiger partial charge is 0.392 e. The van der Waals surface area contributed by atoms with Gasteiger partial charge in [-0.05, 0) is 31.0 Å². The minimum absolute atomic E-state index is 0.000215. The lowest BCUT2D eigenvalue weighted by molar-refractivity contribution is 0.281. The van der Waals surface area contributed by atoms with Crippen LogP contribution < -0.4 is 0 Å². The number of aliphatic hydroxyl groups is 1. The minimum atomic E-state index is 0.000215. The Morgan fingerprint density at radius 3 is 2.72 bits per heavy atom. The minimum Gasteiger partial charge on any atom is -0.392 e. The Hall–Kier alpha value is -1.39. The molecule has 0 unspecified atom stereocenters. The van der Waals surface area contributed by atoms with Gasteiger partial charge in [0, 0.05) is 5.69 Å². The number of halogens is 1. The second-order valence-electron chi connectivity index (χ2n) is 4.24. The Labute approximate surface area is 111 Å². The van der Waals surface area contributed by atoms with Crippen LogP contribution in [0.1, 0.15) is 30.3 Å². The van der Waals surface area contributed by atoms with Crippen molar-refractivity contribution in [3.8, 4) is 5.82 Å². The van der Waals surface area contributed by atoms with Crippen molar-refractivity contribution in [1.82, 2.24) is 14.8 Å². The topological polar surface area (TPSA) is 50.9 Å². The van der Waals surface area contributed by atoms with E-state index in [1.165, 1.54) is 0 Å². The molecule has 0 amide bonds. The molecule has 0 saturated carbocycles. The summed E-state index contributed by atoms with van der Waals surface area (Å²) in [5, 5.41) is 14.2. The number of rotatable bonds is 4. The summed E-state index contributed by atoms with van der Waals surface area (Å²) in [5.41, 5.74) is 2.57. The highest BCUT2D eigenvalue weighted by Crippen LogP contribution is 2.17. The third kappa shape index (κ3) is 2.71. The molecule has 0 radical (unpaired) electrons. The molecule has 1 N–H and O–H groups in total. The summed E-state index contributed by atoms with van der Waals surface area (Å²) in [6.07, 6.45) is 3.63. The number of aryl methyl sites for hydroxylation is 2. The molecular formula is C13H16ClN3O. The summed E-state index contributed by atoms with van der Waals surface area (Å²) in [5.74, 6) is 0.694. The quantitative estimate of drug-likeness (QED) is 0.925. The van der Waals surface area contributed by atoms with Gasteiger partial charge in [-0.2, -0.15) is 5.10 Å². The van der Waals surface area contributed by atoms with Crippen LogP contribution in [0.25, 0.3) is 5.82 Å². The van der Waals surface area contributed by atoms with Gasteiger partial charge in [-0.15, -0.1) is 0 Å².